The fourth-order valence-electron chi connectivity index (χ4n) is 2.87. The van der Waals surface area contributed by atoms with Crippen molar-refractivity contribution < 1.29 is 0 Å². The Morgan fingerprint density at radius 3 is 2.00 bits per heavy atom. The number of hydrogen-bond donors (Lipinski definition) is 0. The first-order chi connectivity index (χ1) is 11.9. The fourth-order valence-corrected chi connectivity index (χ4v) is 2.87. The molecule has 0 saturated carbocycles. The van der Waals surface area contributed by atoms with Gasteiger partial charge in [0.2, 0.25) is 0 Å². The van der Waals surface area contributed by atoms with E-state index in [9.17, 15) is 0 Å². The Balaban J connectivity index is 1.88. The van der Waals surface area contributed by atoms with E-state index in [1.54, 1.807) is 0 Å². The van der Waals surface area contributed by atoms with Crippen molar-refractivity contribution in [3.05, 3.63) is 90.7 Å². The Morgan fingerprint density at radius 2 is 1.33 bits per heavy atom. The third-order valence-corrected chi connectivity index (χ3v) is 4.12. The van der Waals surface area contributed by atoms with Gasteiger partial charge < -0.3 is 0 Å². The summed E-state index contributed by atoms with van der Waals surface area (Å²) in [6.45, 7) is 0. The molecular formula is C22H18N2. The van der Waals surface area contributed by atoms with E-state index in [0.29, 0.717) is 0 Å². The summed E-state index contributed by atoms with van der Waals surface area (Å²) in [6, 6.07) is 22.5. The third kappa shape index (κ3) is 3.04. The van der Waals surface area contributed by atoms with E-state index in [0.717, 1.165) is 41.2 Å². The van der Waals surface area contributed by atoms with Gasteiger partial charge in [0.25, 0.3) is 0 Å². The number of allylic oxidation sites excluding steroid dienone is 4. The first kappa shape index (κ1) is 14.6. The van der Waals surface area contributed by atoms with Gasteiger partial charge in [-0.2, -0.15) is 0 Å². The molecule has 2 nitrogen and oxygen atoms in total. The third-order valence-electron chi connectivity index (χ3n) is 4.12. The van der Waals surface area contributed by atoms with E-state index in [-0.39, 0.29) is 0 Å². The second-order valence-corrected chi connectivity index (χ2v) is 5.83. The Morgan fingerprint density at radius 1 is 0.667 bits per heavy atom. The molecule has 1 aliphatic carbocycles. The van der Waals surface area contributed by atoms with Crippen LogP contribution in [-0.2, 0) is 0 Å². The molecular weight excluding hydrogens is 292 g/mol. The van der Waals surface area contributed by atoms with Crippen LogP contribution in [0.5, 0.6) is 0 Å². The lowest BCUT2D eigenvalue weighted by Crippen LogP contribution is -1.98. The summed E-state index contributed by atoms with van der Waals surface area (Å²) in [7, 11) is 0. The van der Waals surface area contributed by atoms with E-state index < -0.39 is 0 Å². The van der Waals surface area contributed by atoms with Crippen molar-refractivity contribution in [3.8, 4) is 22.6 Å². The number of aromatic nitrogens is 2. The zero-order valence-electron chi connectivity index (χ0n) is 13.4. The van der Waals surface area contributed by atoms with Gasteiger partial charge in [-0.15, -0.1) is 0 Å². The molecule has 1 aromatic heterocycles. The van der Waals surface area contributed by atoms with Crippen molar-refractivity contribution in [2.75, 3.05) is 0 Å². The molecule has 116 valence electrons. The van der Waals surface area contributed by atoms with Crippen molar-refractivity contribution in [1.82, 2.24) is 9.97 Å². The SMILES string of the molecule is C1=CC(c2cc(-c3ccccc3)nc(-c3ccccc3)n2)=CCC1. The van der Waals surface area contributed by atoms with Gasteiger partial charge in [-0.25, -0.2) is 9.97 Å². The molecule has 0 amide bonds. The minimum absolute atomic E-state index is 0.770. The van der Waals surface area contributed by atoms with Gasteiger partial charge in [0.05, 0.1) is 11.4 Å². The molecule has 3 aromatic rings. The predicted molar refractivity (Wildman–Crippen MR) is 99.3 cm³/mol. The largest absolute Gasteiger partial charge is 0.228 e. The molecule has 0 radical (unpaired) electrons. The Labute approximate surface area is 142 Å². The molecule has 0 N–H and O–H groups in total. The zero-order chi connectivity index (χ0) is 16.2. The normalized spacial score (nSPS) is 13.6. The van der Waals surface area contributed by atoms with Crippen molar-refractivity contribution in [2.45, 2.75) is 12.8 Å². The molecule has 0 bridgehead atoms. The maximum Gasteiger partial charge on any atom is 0.160 e. The lowest BCUT2D eigenvalue weighted by molar-refractivity contribution is 1.03. The van der Waals surface area contributed by atoms with Crippen LogP contribution in [-0.4, -0.2) is 9.97 Å². The van der Waals surface area contributed by atoms with E-state index in [1.807, 2.05) is 36.4 Å². The number of nitrogens with zero attached hydrogens (tertiary/aromatic N) is 2. The fraction of sp³-hybridized carbons (Fsp3) is 0.0909. The van der Waals surface area contributed by atoms with Crippen LogP contribution in [0, 0.1) is 0 Å². The molecule has 2 heteroatoms. The van der Waals surface area contributed by atoms with Gasteiger partial charge in [0, 0.05) is 11.1 Å². The molecule has 0 fully saturated rings. The Hall–Kier alpha value is -3.00. The molecule has 0 unspecified atom stereocenters. The van der Waals surface area contributed by atoms with Crippen LogP contribution in [0.3, 0.4) is 0 Å². The van der Waals surface area contributed by atoms with E-state index in [4.69, 9.17) is 9.97 Å². The molecule has 2 aromatic carbocycles. The highest BCUT2D eigenvalue weighted by Gasteiger charge is 2.11. The maximum absolute atomic E-state index is 4.82. The van der Waals surface area contributed by atoms with Crippen LogP contribution in [0.4, 0.5) is 0 Å². The van der Waals surface area contributed by atoms with Crippen molar-refractivity contribution in [1.29, 1.82) is 0 Å². The summed E-state index contributed by atoms with van der Waals surface area (Å²) in [5.41, 5.74) is 5.27. The number of hydrogen-bond acceptors (Lipinski definition) is 2. The molecule has 24 heavy (non-hydrogen) atoms. The summed E-state index contributed by atoms with van der Waals surface area (Å²) >= 11 is 0. The van der Waals surface area contributed by atoms with Crippen LogP contribution in [0.1, 0.15) is 18.5 Å². The Kier molecular flexibility index (Phi) is 4.03. The van der Waals surface area contributed by atoms with Gasteiger partial charge >= 0.3 is 0 Å². The van der Waals surface area contributed by atoms with Crippen LogP contribution >= 0.6 is 0 Å². The summed E-state index contributed by atoms with van der Waals surface area (Å²) in [5, 5.41) is 0. The summed E-state index contributed by atoms with van der Waals surface area (Å²) < 4.78 is 0. The van der Waals surface area contributed by atoms with E-state index in [1.165, 1.54) is 5.57 Å². The average molecular weight is 310 g/mol. The minimum Gasteiger partial charge on any atom is -0.228 e. The predicted octanol–water partition coefficient (Wildman–Crippen LogP) is 5.54. The Bertz CT molecular complexity index is 836. The molecule has 0 atom stereocenters. The highest BCUT2D eigenvalue weighted by molar-refractivity contribution is 5.76. The summed E-state index contributed by atoms with van der Waals surface area (Å²) in [4.78, 5) is 9.63. The van der Waals surface area contributed by atoms with Crippen molar-refractivity contribution in [3.63, 3.8) is 0 Å². The molecule has 4 rings (SSSR count). The van der Waals surface area contributed by atoms with Crippen LogP contribution < -0.4 is 0 Å². The van der Waals surface area contributed by atoms with Gasteiger partial charge in [-0.3, -0.25) is 0 Å². The van der Waals surface area contributed by atoms with Crippen LogP contribution in [0.25, 0.3) is 28.2 Å². The summed E-state index contributed by atoms with van der Waals surface area (Å²) in [5.74, 6) is 0.770. The zero-order valence-corrected chi connectivity index (χ0v) is 13.4. The quantitative estimate of drug-likeness (QED) is 0.634. The minimum atomic E-state index is 0.770. The second kappa shape index (κ2) is 6.63. The highest BCUT2D eigenvalue weighted by atomic mass is 14.9. The second-order valence-electron chi connectivity index (χ2n) is 5.83. The average Bonchev–Trinajstić information content (AvgIpc) is 2.70. The molecule has 1 aliphatic rings. The molecule has 0 aliphatic heterocycles. The van der Waals surface area contributed by atoms with E-state index >= 15 is 0 Å². The highest BCUT2D eigenvalue weighted by Crippen LogP contribution is 2.27. The molecule has 0 saturated heterocycles. The molecule has 1 heterocycles. The smallest absolute Gasteiger partial charge is 0.160 e. The van der Waals surface area contributed by atoms with Gasteiger partial charge in [-0.1, -0.05) is 78.9 Å². The standard InChI is InChI=1S/C22H18N2/c1-4-10-17(11-5-1)20-16-21(18-12-6-2-7-13-18)24-22(23-20)19-14-8-3-9-15-19/h1,3-6,8-16H,2,7H2. The first-order valence-corrected chi connectivity index (χ1v) is 8.27. The van der Waals surface area contributed by atoms with Gasteiger partial charge in [0.1, 0.15) is 0 Å². The topological polar surface area (TPSA) is 25.8 Å². The van der Waals surface area contributed by atoms with Gasteiger partial charge in [-0.05, 0) is 24.5 Å². The maximum atomic E-state index is 4.82. The van der Waals surface area contributed by atoms with Crippen LogP contribution in [0.15, 0.2) is 85.0 Å². The lowest BCUT2D eigenvalue weighted by atomic mass is 10.0. The van der Waals surface area contributed by atoms with E-state index in [2.05, 4.69) is 48.6 Å². The van der Waals surface area contributed by atoms with Crippen LogP contribution in [0.2, 0.25) is 0 Å². The monoisotopic (exact) mass is 310 g/mol. The van der Waals surface area contributed by atoms with Gasteiger partial charge in [0.15, 0.2) is 5.82 Å². The first-order valence-electron chi connectivity index (χ1n) is 8.27. The van der Waals surface area contributed by atoms with Crippen molar-refractivity contribution in [2.24, 2.45) is 0 Å². The summed E-state index contributed by atoms with van der Waals surface area (Å²) in [6.07, 6.45) is 8.80. The number of rotatable bonds is 3. The van der Waals surface area contributed by atoms with Crippen molar-refractivity contribution >= 4 is 5.57 Å². The number of benzene rings is 2. The lowest BCUT2D eigenvalue weighted by Gasteiger charge is -2.11. The molecule has 0 spiro atoms.